The first-order valence-electron chi connectivity index (χ1n) is 4.04. The second-order valence-electron chi connectivity index (χ2n) is 4.26. The van der Waals surface area contributed by atoms with Crippen LogP contribution in [0.5, 0.6) is 0 Å². The Hall–Kier alpha value is 0. The van der Waals surface area contributed by atoms with Gasteiger partial charge in [0.15, 0.2) is 0 Å². The summed E-state index contributed by atoms with van der Waals surface area (Å²) in [5, 5.41) is 0. The zero-order chi connectivity index (χ0) is 6.48. The molecule has 2 aliphatic carbocycles. The molecule has 0 amide bonds. The SMILES string of the molecule is CC1(C)[CH]C2CCC1C2. The van der Waals surface area contributed by atoms with Crippen molar-refractivity contribution in [1.29, 1.82) is 0 Å². The van der Waals surface area contributed by atoms with Crippen molar-refractivity contribution in [3.05, 3.63) is 6.42 Å². The summed E-state index contributed by atoms with van der Waals surface area (Å²) in [7, 11) is 0. The second kappa shape index (κ2) is 1.53. The van der Waals surface area contributed by atoms with Gasteiger partial charge >= 0.3 is 0 Å². The number of fused-ring (bicyclic) bond motifs is 2. The molecule has 2 rings (SSSR count). The summed E-state index contributed by atoms with van der Waals surface area (Å²) >= 11 is 0. The zero-order valence-electron chi connectivity index (χ0n) is 6.35. The molecule has 2 atom stereocenters. The Kier molecular flexibility index (Phi) is 0.980. The van der Waals surface area contributed by atoms with E-state index in [4.69, 9.17) is 0 Å². The maximum atomic E-state index is 2.57. The lowest BCUT2D eigenvalue weighted by molar-refractivity contribution is 0.282. The molecule has 0 aromatic heterocycles. The standard InChI is InChI=1S/C9H15/c1-9(2)6-7-3-4-8(9)5-7/h6-8H,3-5H2,1-2H3. The van der Waals surface area contributed by atoms with E-state index in [1.807, 2.05) is 0 Å². The molecule has 51 valence electrons. The van der Waals surface area contributed by atoms with Crippen LogP contribution in [0.15, 0.2) is 0 Å². The second-order valence-corrected chi connectivity index (χ2v) is 4.26. The quantitative estimate of drug-likeness (QED) is 0.464. The Bertz CT molecular complexity index is 124. The van der Waals surface area contributed by atoms with Crippen molar-refractivity contribution >= 4 is 0 Å². The smallest absolute Gasteiger partial charge is 0.0292 e. The van der Waals surface area contributed by atoms with Crippen LogP contribution in [0.2, 0.25) is 0 Å². The van der Waals surface area contributed by atoms with Crippen LogP contribution in [0.1, 0.15) is 33.1 Å². The summed E-state index contributed by atoms with van der Waals surface area (Å²) in [6.45, 7) is 4.77. The Labute approximate surface area is 57.6 Å². The molecule has 0 aromatic carbocycles. The maximum absolute atomic E-state index is 2.57. The van der Waals surface area contributed by atoms with Crippen molar-refractivity contribution in [1.82, 2.24) is 0 Å². The normalized spacial score (nSPS) is 46.0. The summed E-state index contributed by atoms with van der Waals surface area (Å²) in [6.07, 6.45) is 7.04. The van der Waals surface area contributed by atoms with Crippen LogP contribution in [0, 0.1) is 23.7 Å². The predicted molar refractivity (Wildman–Crippen MR) is 38.9 cm³/mol. The van der Waals surface area contributed by atoms with Gasteiger partial charge in [-0.3, -0.25) is 0 Å². The van der Waals surface area contributed by atoms with Crippen LogP contribution in [0.3, 0.4) is 0 Å². The van der Waals surface area contributed by atoms with E-state index in [0.717, 1.165) is 11.8 Å². The largest absolute Gasteiger partial charge is 0.0594 e. The molecule has 0 saturated heterocycles. The van der Waals surface area contributed by atoms with Crippen molar-refractivity contribution in [3.8, 4) is 0 Å². The molecule has 0 heterocycles. The molecule has 0 aromatic rings. The molecule has 2 unspecified atom stereocenters. The summed E-state index contributed by atoms with van der Waals surface area (Å²) in [5.41, 5.74) is 0.586. The van der Waals surface area contributed by atoms with Gasteiger partial charge in [-0.2, -0.15) is 0 Å². The summed E-state index contributed by atoms with van der Waals surface area (Å²) < 4.78 is 0. The van der Waals surface area contributed by atoms with E-state index in [9.17, 15) is 0 Å². The molecule has 0 N–H and O–H groups in total. The Morgan fingerprint density at radius 1 is 1.33 bits per heavy atom. The Morgan fingerprint density at radius 2 is 2.11 bits per heavy atom. The van der Waals surface area contributed by atoms with E-state index in [1.54, 1.807) is 0 Å². The first-order valence-corrected chi connectivity index (χ1v) is 4.04. The van der Waals surface area contributed by atoms with Gasteiger partial charge in [0.05, 0.1) is 0 Å². The van der Waals surface area contributed by atoms with Gasteiger partial charge in [0.25, 0.3) is 0 Å². The lowest BCUT2D eigenvalue weighted by Crippen LogP contribution is -2.19. The van der Waals surface area contributed by atoms with Crippen LogP contribution in [0.4, 0.5) is 0 Å². The molecule has 2 saturated carbocycles. The lowest BCUT2D eigenvalue weighted by Gasteiger charge is -2.28. The predicted octanol–water partition coefficient (Wildman–Crippen LogP) is 2.65. The number of hydrogen-bond donors (Lipinski definition) is 0. The molecule has 9 heavy (non-hydrogen) atoms. The van der Waals surface area contributed by atoms with Gasteiger partial charge in [-0.05, 0) is 42.9 Å². The Morgan fingerprint density at radius 3 is 2.33 bits per heavy atom. The fourth-order valence-corrected chi connectivity index (χ4v) is 2.59. The summed E-state index contributed by atoms with van der Waals surface area (Å²) in [6, 6.07) is 0. The van der Waals surface area contributed by atoms with E-state index < -0.39 is 0 Å². The third kappa shape index (κ3) is 0.720. The van der Waals surface area contributed by atoms with Crippen molar-refractivity contribution in [3.63, 3.8) is 0 Å². The van der Waals surface area contributed by atoms with Crippen LogP contribution in [-0.4, -0.2) is 0 Å². The molecule has 1 radical (unpaired) electrons. The minimum Gasteiger partial charge on any atom is -0.0594 e. The van der Waals surface area contributed by atoms with Crippen molar-refractivity contribution in [2.45, 2.75) is 33.1 Å². The average Bonchev–Trinajstić information content (AvgIpc) is 2.19. The highest BCUT2D eigenvalue weighted by Crippen LogP contribution is 2.54. The van der Waals surface area contributed by atoms with Gasteiger partial charge in [0.1, 0.15) is 0 Å². The molecule has 0 heteroatoms. The third-order valence-electron chi connectivity index (χ3n) is 3.19. The zero-order valence-corrected chi connectivity index (χ0v) is 6.35. The Balaban J connectivity index is 2.18. The molecule has 0 nitrogen and oxygen atoms in total. The van der Waals surface area contributed by atoms with Crippen LogP contribution < -0.4 is 0 Å². The molecular formula is C9H15. The van der Waals surface area contributed by atoms with E-state index >= 15 is 0 Å². The van der Waals surface area contributed by atoms with E-state index in [2.05, 4.69) is 20.3 Å². The molecule has 2 bridgehead atoms. The average molecular weight is 123 g/mol. The third-order valence-corrected chi connectivity index (χ3v) is 3.19. The minimum absolute atomic E-state index is 0.586. The minimum atomic E-state index is 0.586. The topological polar surface area (TPSA) is 0 Å². The van der Waals surface area contributed by atoms with Crippen LogP contribution >= 0.6 is 0 Å². The van der Waals surface area contributed by atoms with Gasteiger partial charge in [0.2, 0.25) is 0 Å². The molecule has 0 aliphatic heterocycles. The number of hydrogen-bond acceptors (Lipinski definition) is 0. The molecule has 2 fully saturated rings. The highest BCUT2D eigenvalue weighted by molar-refractivity contribution is 5.06. The van der Waals surface area contributed by atoms with Gasteiger partial charge in [-0.25, -0.2) is 0 Å². The first kappa shape index (κ1) is 5.76. The fourth-order valence-electron chi connectivity index (χ4n) is 2.59. The first-order chi connectivity index (χ1) is 4.18. The van der Waals surface area contributed by atoms with Gasteiger partial charge in [0, 0.05) is 0 Å². The van der Waals surface area contributed by atoms with Crippen molar-refractivity contribution in [2.75, 3.05) is 0 Å². The van der Waals surface area contributed by atoms with E-state index in [1.165, 1.54) is 19.3 Å². The van der Waals surface area contributed by atoms with Crippen molar-refractivity contribution in [2.24, 2.45) is 17.3 Å². The molecule has 0 spiro atoms. The highest BCUT2D eigenvalue weighted by atomic mass is 14.5. The molecular weight excluding hydrogens is 108 g/mol. The van der Waals surface area contributed by atoms with Crippen LogP contribution in [-0.2, 0) is 0 Å². The van der Waals surface area contributed by atoms with Gasteiger partial charge in [-0.1, -0.05) is 13.8 Å². The van der Waals surface area contributed by atoms with Gasteiger partial charge in [-0.15, -0.1) is 0 Å². The maximum Gasteiger partial charge on any atom is -0.0292 e. The van der Waals surface area contributed by atoms with E-state index in [-0.39, 0.29) is 0 Å². The summed E-state index contributed by atoms with van der Waals surface area (Å²) in [4.78, 5) is 0. The fraction of sp³-hybridized carbons (Fsp3) is 0.889. The van der Waals surface area contributed by atoms with Crippen LogP contribution in [0.25, 0.3) is 0 Å². The highest BCUT2D eigenvalue weighted by Gasteiger charge is 2.44. The van der Waals surface area contributed by atoms with Crippen molar-refractivity contribution < 1.29 is 0 Å². The van der Waals surface area contributed by atoms with Gasteiger partial charge < -0.3 is 0 Å². The monoisotopic (exact) mass is 123 g/mol. The number of rotatable bonds is 0. The lowest BCUT2D eigenvalue weighted by atomic mass is 9.77. The molecule has 2 aliphatic rings. The van der Waals surface area contributed by atoms with E-state index in [0.29, 0.717) is 5.41 Å². The summed E-state index contributed by atoms with van der Waals surface area (Å²) in [5.74, 6) is 2.02.